The fourth-order valence-corrected chi connectivity index (χ4v) is 3.32. The molecule has 0 bridgehead atoms. The molecule has 1 saturated carbocycles. The lowest BCUT2D eigenvalue weighted by Gasteiger charge is -2.31. The van der Waals surface area contributed by atoms with E-state index in [1.165, 1.54) is 38.2 Å². The molecule has 0 spiro atoms. The molecule has 1 aromatic rings. The number of hydrogen-bond donors (Lipinski definition) is 2. The Balaban J connectivity index is 2.11. The molecule has 1 atom stereocenters. The minimum absolute atomic E-state index is 0.311. The summed E-state index contributed by atoms with van der Waals surface area (Å²) in [5.74, 6) is 0.399. The van der Waals surface area contributed by atoms with Crippen molar-refractivity contribution in [2.75, 3.05) is 11.1 Å². The first-order valence-corrected chi connectivity index (χ1v) is 7.92. The summed E-state index contributed by atoms with van der Waals surface area (Å²) in [6.07, 6.45) is 7.65. The molecular formula is C15H22BrFN2. The molecule has 2 rings (SSSR count). The second-order valence-electron chi connectivity index (χ2n) is 5.41. The van der Waals surface area contributed by atoms with Gasteiger partial charge in [-0.2, -0.15) is 0 Å². The Labute approximate surface area is 123 Å². The Morgan fingerprint density at radius 1 is 1.37 bits per heavy atom. The van der Waals surface area contributed by atoms with Gasteiger partial charge in [0, 0.05) is 12.1 Å². The van der Waals surface area contributed by atoms with Crippen molar-refractivity contribution in [3.8, 4) is 0 Å². The standard InChI is InChI=1S/C15H22BrFN2/c1-2-14(10-6-4-3-5-7-10)19-15-8-11(16)12(17)9-13(15)18/h8-10,14,19H,2-7,18H2,1H3. The number of nitrogens with one attached hydrogen (secondary N) is 1. The van der Waals surface area contributed by atoms with E-state index < -0.39 is 0 Å². The highest BCUT2D eigenvalue weighted by Crippen LogP contribution is 2.32. The molecule has 0 radical (unpaired) electrons. The Bertz CT molecular complexity index is 430. The highest BCUT2D eigenvalue weighted by Gasteiger charge is 2.22. The molecule has 0 saturated heterocycles. The third-order valence-corrected chi connectivity index (χ3v) is 4.70. The van der Waals surface area contributed by atoms with Gasteiger partial charge in [-0.25, -0.2) is 4.39 Å². The topological polar surface area (TPSA) is 38.0 Å². The van der Waals surface area contributed by atoms with Crippen LogP contribution in [0.4, 0.5) is 15.8 Å². The summed E-state index contributed by atoms with van der Waals surface area (Å²) < 4.78 is 13.8. The number of nitrogen functional groups attached to an aromatic ring is 1. The molecule has 0 heterocycles. The predicted octanol–water partition coefficient (Wildman–Crippen LogP) is 4.94. The zero-order chi connectivity index (χ0) is 13.8. The van der Waals surface area contributed by atoms with Gasteiger partial charge >= 0.3 is 0 Å². The van der Waals surface area contributed by atoms with Crippen LogP contribution in [-0.4, -0.2) is 6.04 Å². The van der Waals surface area contributed by atoms with E-state index in [1.807, 2.05) is 0 Å². The Hall–Kier alpha value is -0.770. The summed E-state index contributed by atoms with van der Waals surface area (Å²) in [5.41, 5.74) is 7.22. The molecule has 3 N–H and O–H groups in total. The van der Waals surface area contributed by atoms with Crippen LogP contribution in [0.3, 0.4) is 0 Å². The van der Waals surface area contributed by atoms with E-state index in [2.05, 4.69) is 28.2 Å². The van der Waals surface area contributed by atoms with Crippen molar-refractivity contribution >= 4 is 27.3 Å². The fourth-order valence-electron chi connectivity index (χ4n) is 2.98. The highest BCUT2D eigenvalue weighted by atomic mass is 79.9. The van der Waals surface area contributed by atoms with Crippen molar-refractivity contribution in [2.45, 2.75) is 51.5 Å². The lowest BCUT2D eigenvalue weighted by molar-refractivity contribution is 0.313. The van der Waals surface area contributed by atoms with Gasteiger partial charge in [0.25, 0.3) is 0 Å². The van der Waals surface area contributed by atoms with E-state index in [1.54, 1.807) is 6.07 Å². The summed E-state index contributed by atoms with van der Waals surface area (Å²) in [4.78, 5) is 0. The van der Waals surface area contributed by atoms with Gasteiger partial charge in [-0.1, -0.05) is 26.2 Å². The van der Waals surface area contributed by atoms with Crippen LogP contribution >= 0.6 is 15.9 Å². The molecule has 1 fully saturated rings. The normalized spacial score (nSPS) is 18.3. The third-order valence-electron chi connectivity index (χ3n) is 4.09. The lowest BCUT2D eigenvalue weighted by Crippen LogP contribution is -2.30. The van der Waals surface area contributed by atoms with Gasteiger partial charge in [-0.3, -0.25) is 0 Å². The van der Waals surface area contributed by atoms with Gasteiger partial charge in [-0.15, -0.1) is 0 Å². The second kappa shape index (κ2) is 6.60. The Kier molecular flexibility index (Phi) is 5.08. The zero-order valence-corrected chi connectivity index (χ0v) is 13.0. The molecule has 1 aliphatic carbocycles. The third kappa shape index (κ3) is 3.62. The molecule has 106 valence electrons. The maximum absolute atomic E-state index is 13.4. The van der Waals surface area contributed by atoms with Crippen molar-refractivity contribution in [3.63, 3.8) is 0 Å². The van der Waals surface area contributed by atoms with Gasteiger partial charge < -0.3 is 11.1 Å². The molecule has 19 heavy (non-hydrogen) atoms. The summed E-state index contributed by atoms with van der Waals surface area (Å²) >= 11 is 3.22. The molecular weight excluding hydrogens is 307 g/mol. The van der Waals surface area contributed by atoms with Gasteiger partial charge in [-0.05, 0) is 47.2 Å². The molecule has 4 heteroatoms. The van der Waals surface area contributed by atoms with Crippen LogP contribution in [0.5, 0.6) is 0 Å². The maximum atomic E-state index is 13.4. The minimum Gasteiger partial charge on any atom is -0.397 e. The van der Waals surface area contributed by atoms with Crippen LogP contribution < -0.4 is 11.1 Å². The van der Waals surface area contributed by atoms with Crippen molar-refractivity contribution in [3.05, 3.63) is 22.4 Å². The van der Waals surface area contributed by atoms with E-state index >= 15 is 0 Å². The van der Waals surface area contributed by atoms with Crippen LogP contribution in [0.2, 0.25) is 0 Å². The summed E-state index contributed by atoms with van der Waals surface area (Å²) in [6, 6.07) is 3.55. The van der Waals surface area contributed by atoms with Gasteiger partial charge in [0.1, 0.15) is 5.82 Å². The summed E-state index contributed by atoms with van der Waals surface area (Å²) in [5, 5.41) is 3.51. The monoisotopic (exact) mass is 328 g/mol. The second-order valence-corrected chi connectivity index (χ2v) is 6.27. The minimum atomic E-state index is -0.311. The molecule has 0 aliphatic heterocycles. The number of halogens is 2. The number of rotatable bonds is 4. The molecule has 0 amide bonds. The van der Waals surface area contributed by atoms with Crippen molar-refractivity contribution in [2.24, 2.45) is 5.92 Å². The SMILES string of the molecule is CCC(Nc1cc(Br)c(F)cc1N)C1CCCCC1. The van der Waals surface area contributed by atoms with Crippen LogP contribution in [0.15, 0.2) is 16.6 Å². The molecule has 2 nitrogen and oxygen atoms in total. The van der Waals surface area contributed by atoms with Crippen LogP contribution in [-0.2, 0) is 0 Å². The van der Waals surface area contributed by atoms with E-state index in [-0.39, 0.29) is 5.82 Å². The van der Waals surface area contributed by atoms with E-state index in [9.17, 15) is 4.39 Å². The molecule has 0 aromatic heterocycles. The summed E-state index contributed by atoms with van der Waals surface area (Å²) in [7, 11) is 0. The first-order valence-electron chi connectivity index (χ1n) is 7.13. The number of benzene rings is 1. The molecule has 1 unspecified atom stereocenters. The van der Waals surface area contributed by atoms with Crippen LogP contribution in [0.1, 0.15) is 45.4 Å². The predicted molar refractivity (Wildman–Crippen MR) is 82.8 cm³/mol. The Morgan fingerprint density at radius 2 is 2.05 bits per heavy atom. The average molecular weight is 329 g/mol. The zero-order valence-electron chi connectivity index (χ0n) is 11.4. The van der Waals surface area contributed by atoms with Crippen LogP contribution in [0, 0.1) is 11.7 Å². The van der Waals surface area contributed by atoms with Crippen LogP contribution in [0.25, 0.3) is 0 Å². The average Bonchev–Trinajstić information content (AvgIpc) is 2.42. The van der Waals surface area contributed by atoms with E-state index in [0.717, 1.165) is 12.1 Å². The number of hydrogen-bond acceptors (Lipinski definition) is 2. The lowest BCUT2D eigenvalue weighted by atomic mass is 9.83. The fraction of sp³-hybridized carbons (Fsp3) is 0.600. The molecule has 1 aromatic carbocycles. The molecule has 1 aliphatic rings. The highest BCUT2D eigenvalue weighted by molar-refractivity contribution is 9.10. The largest absolute Gasteiger partial charge is 0.397 e. The Morgan fingerprint density at radius 3 is 2.68 bits per heavy atom. The van der Waals surface area contributed by atoms with Crippen molar-refractivity contribution in [1.82, 2.24) is 0 Å². The first kappa shape index (κ1) is 14.6. The van der Waals surface area contributed by atoms with Crippen molar-refractivity contribution < 1.29 is 4.39 Å². The number of nitrogens with two attached hydrogens (primary N) is 1. The van der Waals surface area contributed by atoms with Gasteiger partial charge in [0.05, 0.1) is 15.8 Å². The van der Waals surface area contributed by atoms with E-state index in [0.29, 0.717) is 22.1 Å². The maximum Gasteiger partial charge on any atom is 0.139 e. The van der Waals surface area contributed by atoms with Gasteiger partial charge in [0.15, 0.2) is 0 Å². The number of anilines is 2. The quantitative estimate of drug-likeness (QED) is 0.768. The first-order chi connectivity index (χ1) is 9.11. The van der Waals surface area contributed by atoms with Gasteiger partial charge in [0.2, 0.25) is 0 Å². The summed E-state index contributed by atoms with van der Waals surface area (Å²) in [6.45, 7) is 2.20. The van der Waals surface area contributed by atoms with Crippen molar-refractivity contribution in [1.29, 1.82) is 0 Å². The smallest absolute Gasteiger partial charge is 0.139 e. The van der Waals surface area contributed by atoms with E-state index in [4.69, 9.17) is 5.73 Å².